The van der Waals surface area contributed by atoms with Crippen molar-refractivity contribution in [3.05, 3.63) is 94.3 Å². The average molecular weight is 508 g/mol. The molecule has 36 heavy (non-hydrogen) atoms. The number of imide groups is 2. The molecule has 0 bridgehead atoms. The average Bonchev–Trinajstić information content (AvgIpc) is 2.84. The number of urea groups is 1. The van der Waals surface area contributed by atoms with Crippen LogP contribution in [-0.4, -0.2) is 30.4 Å². The summed E-state index contributed by atoms with van der Waals surface area (Å²) >= 11 is 6.06. The first-order chi connectivity index (χ1) is 17.2. The molecule has 1 aliphatic heterocycles. The van der Waals surface area contributed by atoms with Gasteiger partial charge < -0.3 is 10.1 Å². The SMILES string of the molecule is Cc1ccc(NC(=O)COc2ccc(/C=C3\C(=O)NC(=O)N(c4ccc(F)cc4)C3=O)cc2)cc1Cl. The highest BCUT2D eigenvalue weighted by atomic mass is 35.5. The van der Waals surface area contributed by atoms with Crippen LogP contribution in [0.15, 0.2) is 72.3 Å². The molecule has 8 nitrogen and oxygen atoms in total. The molecule has 0 atom stereocenters. The molecule has 0 aliphatic carbocycles. The molecule has 0 saturated carbocycles. The van der Waals surface area contributed by atoms with E-state index in [1.54, 1.807) is 42.5 Å². The second kappa shape index (κ2) is 10.4. The molecule has 1 fully saturated rings. The Labute approximate surface area is 210 Å². The quantitative estimate of drug-likeness (QED) is 0.378. The molecule has 2 N–H and O–H groups in total. The van der Waals surface area contributed by atoms with E-state index in [-0.39, 0.29) is 23.8 Å². The fourth-order valence-corrected chi connectivity index (χ4v) is 3.51. The molecule has 1 saturated heterocycles. The summed E-state index contributed by atoms with van der Waals surface area (Å²) in [7, 11) is 0. The van der Waals surface area contributed by atoms with Crippen molar-refractivity contribution in [3.8, 4) is 5.75 Å². The Morgan fingerprint density at radius 3 is 2.42 bits per heavy atom. The number of aryl methyl sites for hydroxylation is 1. The summed E-state index contributed by atoms with van der Waals surface area (Å²) in [6.45, 7) is 1.61. The lowest BCUT2D eigenvalue weighted by Gasteiger charge is -2.26. The lowest BCUT2D eigenvalue weighted by atomic mass is 10.1. The topological polar surface area (TPSA) is 105 Å². The van der Waals surface area contributed by atoms with Crippen LogP contribution in [0.5, 0.6) is 5.75 Å². The number of rotatable bonds is 6. The number of carbonyl (C=O) groups excluding carboxylic acids is 4. The normalized spacial score (nSPS) is 14.6. The minimum atomic E-state index is -0.927. The van der Waals surface area contributed by atoms with Gasteiger partial charge in [0, 0.05) is 10.7 Å². The van der Waals surface area contributed by atoms with Crippen LogP contribution in [0, 0.1) is 12.7 Å². The van der Waals surface area contributed by atoms with Crippen molar-refractivity contribution in [2.45, 2.75) is 6.92 Å². The van der Waals surface area contributed by atoms with Gasteiger partial charge in [0.15, 0.2) is 6.61 Å². The van der Waals surface area contributed by atoms with Gasteiger partial charge in [0.25, 0.3) is 17.7 Å². The number of halogens is 2. The summed E-state index contributed by atoms with van der Waals surface area (Å²) in [6.07, 6.45) is 1.32. The van der Waals surface area contributed by atoms with E-state index in [9.17, 15) is 23.6 Å². The predicted molar refractivity (Wildman–Crippen MR) is 132 cm³/mol. The predicted octanol–water partition coefficient (Wildman–Crippen LogP) is 4.47. The van der Waals surface area contributed by atoms with E-state index in [2.05, 4.69) is 10.6 Å². The molecular weight excluding hydrogens is 489 g/mol. The molecular formula is C26H19ClFN3O5. The standard InChI is InChI=1S/C26H19ClFN3O5/c1-15-2-7-18(13-22(15)27)29-23(32)14-36-20-10-3-16(4-11-20)12-21-24(33)30-26(35)31(25(21)34)19-8-5-17(28)6-9-19/h2-13H,14H2,1H3,(H,29,32)(H,30,33,35)/b21-12+. The van der Waals surface area contributed by atoms with E-state index in [0.717, 1.165) is 22.6 Å². The van der Waals surface area contributed by atoms with Gasteiger partial charge in [-0.3, -0.25) is 19.7 Å². The number of carbonyl (C=O) groups is 4. The Balaban J connectivity index is 1.42. The lowest BCUT2D eigenvalue weighted by molar-refractivity contribution is -0.122. The van der Waals surface area contributed by atoms with Gasteiger partial charge in [0.1, 0.15) is 17.1 Å². The largest absolute Gasteiger partial charge is 0.484 e. The third kappa shape index (κ3) is 5.59. The minimum absolute atomic E-state index is 0.118. The molecule has 1 aliphatic rings. The maximum absolute atomic E-state index is 13.2. The Bertz CT molecular complexity index is 1390. The summed E-state index contributed by atoms with van der Waals surface area (Å²) in [6, 6.07) is 15.3. The third-order valence-corrected chi connectivity index (χ3v) is 5.61. The maximum Gasteiger partial charge on any atom is 0.335 e. The third-order valence-electron chi connectivity index (χ3n) is 5.20. The molecule has 3 aromatic rings. The Hall–Kier alpha value is -4.50. The number of hydrogen-bond acceptors (Lipinski definition) is 5. The van der Waals surface area contributed by atoms with Crippen LogP contribution in [0.3, 0.4) is 0 Å². The van der Waals surface area contributed by atoms with Crippen LogP contribution < -0.4 is 20.3 Å². The van der Waals surface area contributed by atoms with Crippen LogP contribution in [0.4, 0.5) is 20.6 Å². The number of hydrogen-bond donors (Lipinski definition) is 2. The van der Waals surface area contributed by atoms with Crippen molar-refractivity contribution in [1.29, 1.82) is 0 Å². The van der Waals surface area contributed by atoms with Crippen molar-refractivity contribution in [2.75, 3.05) is 16.8 Å². The first-order valence-corrected chi connectivity index (χ1v) is 11.0. The molecule has 5 amide bonds. The summed E-state index contributed by atoms with van der Waals surface area (Å²) in [5.41, 5.74) is 1.76. The number of benzene rings is 3. The molecule has 1 heterocycles. The van der Waals surface area contributed by atoms with Gasteiger partial charge in [0.2, 0.25) is 0 Å². The van der Waals surface area contributed by atoms with Gasteiger partial charge in [-0.15, -0.1) is 0 Å². The Kier molecular flexibility index (Phi) is 7.12. The van der Waals surface area contributed by atoms with Gasteiger partial charge >= 0.3 is 6.03 Å². The summed E-state index contributed by atoms with van der Waals surface area (Å²) in [5.74, 6) is -2.22. The van der Waals surface area contributed by atoms with Gasteiger partial charge in [0.05, 0.1) is 5.69 Å². The first kappa shape index (κ1) is 24.6. The maximum atomic E-state index is 13.2. The highest BCUT2D eigenvalue weighted by Gasteiger charge is 2.36. The highest BCUT2D eigenvalue weighted by molar-refractivity contribution is 6.39. The van der Waals surface area contributed by atoms with Crippen molar-refractivity contribution in [3.63, 3.8) is 0 Å². The lowest BCUT2D eigenvalue weighted by Crippen LogP contribution is -2.54. The van der Waals surface area contributed by atoms with Crippen LogP contribution in [-0.2, 0) is 14.4 Å². The van der Waals surface area contributed by atoms with Gasteiger partial charge in [-0.2, -0.15) is 0 Å². The van der Waals surface area contributed by atoms with Crippen LogP contribution >= 0.6 is 11.6 Å². The summed E-state index contributed by atoms with van der Waals surface area (Å²) in [4.78, 5) is 50.3. The summed E-state index contributed by atoms with van der Waals surface area (Å²) in [5, 5.41) is 5.32. The van der Waals surface area contributed by atoms with E-state index >= 15 is 0 Å². The molecule has 0 spiro atoms. The van der Waals surface area contributed by atoms with E-state index in [1.165, 1.54) is 18.2 Å². The van der Waals surface area contributed by atoms with E-state index in [1.807, 2.05) is 6.92 Å². The first-order valence-electron chi connectivity index (χ1n) is 10.7. The zero-order valence-corrected chi connectivity index (χ0v) is 19.6. The number of barbiturate groups is 1. The number of nitrogens with zero attached hydrogens (tertiary/aromatic N) is 1. The van der Waals surface area contributed by atoms with Crippen LogP contribution in [0.2, 0.25) is 5.02 Å². The molecule has 0 unspecified atom stereocenters. The number of anilines is 2. The molecule has 182 valence electrons. The van der Waals surface area contributed by atoms with Crippen LogP contribution in [0.25, 0.3) is 6.08 Å². The van der Waals surface area contributed by atoms with Gasteiger partial charge in [-0.1, -0.05) is 29.8 Å². The van der Waals surface area contributed by atoms with E-state index in [0.29, 0.717) is 22.0 Å². The Morgan fingerprint density at radius 2 is 1.75 bits per heavy atom. The smallest absolute Gasteiger partial charge is 0.335 e. The minimum Gasteiger partial charge on any atom is -0.484 e. The second-order valence-electron chi connectivity index (χ2n) is 7.80. The van der Waals surface area contributed by atoms with Gasteiger partial charge in [-0.05, 0) is 72.7 Å². The zero-order chi connectivity index (χ0) is 25.8. The van der Waals surface area contributed by atoms with Crippen molar-refractivity contribution in [1.82, 2.24) is 5.32 Å². The summed E-state index contributed by atoms with van der Waals surface area (Å²) < 4.78 is 18.7. The Morgan fingerprint density at radius 1 is 1.06 bits per heavy atom. The molecule has 0 aromatic heterocycles. The van der Waals surface area contributed by atoms with Crippen LogP contribution in [0.1, 0.15) is 11.1 Å². The van der Waals surface area contributed by atoms with Crippen molar-refractivity contribution >= 4 is 52.8 Å². The van der Waals surface area contributed by atoms with Crippen molar-refractivity contribution < 1.29 is 28.3 Å². The fourth-order valence-electron chi connectivity index (χ4n) is 3.33. The van der Waals surface area contributed by atoms with E-state index < -0.39 is 23.7 Å². The molecule has 0 radical (unpaired) electrons. The number of amides is 5. The monoisotopic (exact) mass is 507 g/mol. The molecule has 4 rings (SSSR count). The fraction of sp³-hybridized carbons (Fsp3) is 0.0769. The molecule has 3 aromatic carbocycles. The van der Waals surface area contributed by atoms with Crippen molar-refractivity contribution in [2.24, 2.45) is 0 Å². The second-order valence-corrected chi connectivity index (χ2v) is 8.21. The van der Waals surface area contributed by atoms with E-state index in [4.69, 9.17) is 16.3 Å². The zero-order valence-electron chi connectivity index (χ0n) is 18.9. The molecule has 10 heteroatoms. The highest BCUT2D eigenvalue weighted by Crippen LogP contribution is 2.23. The number of nitrogens with one attached hydrogen (secondary N) is 2. The van der Waals surface area contributed by atoms with Gasteiger partial charge in [-0.25, -0.2) is 14.1 Å². The number of ether oxygens (including phenoxy) is 1.